The molecule has 0 unspecified atom stereocenters. The Hall–Kier alpha value is -3.23. The Morgan fingerprint density at radius 1 is 1.15 bits per heavy atom. The molecule has 0 bridgehead atoms. The number of alkyl halides is 5. The minimum absolute atomic E-state index is 0.0599. The molecule has 2 saturated heterocycles. The van der Waals surface area contributed by atoms with Crippen LogP contribution in [0.25, 0.3) is 5.52 Å². The van der Waals surface area contributed by atoms with Crippen molar-refractivity contribution in [2.24, 2.45) is 5.92 Å². The third-order valence-electron chi connectivity index (χ3n) is 6.82. The van der Waals surface area contributed by atoms with E-state index in [0.717, 1.165) is 6.07 Å². The van der Waals surface area contributed by atoms with Crippen molar-refractivity contribution in [3.63, 3.8) is 0 Å². The minimum Gasteiger partial charge on any atom is -0.337 e. The highest BCUT2D eigenvalue weighted by atomic mass is 35.5. The van der Waals surface area contributed by atoms with E-state index in [1.54, 1.807) is 0 Å². The number of nitrogens with zero attached hydrogens (tertiary/aromatic N) is 3. The Labute approximate surface area is 231 Å². The van der Waals surface area contributed by atoms with Gasteiger partial charge in [-0.25, -0.2) is 9.18 Å². The Bertz CT molecular complexity index is 1570. The van der Waals surface area contributed by atoms with Gasteiger partial charge in [0.2, 0.25) is 0 Å². The largest absolute Gasteiger partial charge is 0.497 e. The van der Waals surface area contributed by atoms with Crippen LogP contribution in [0.4, 0.5) is 26.3 Å². The normalized spacial score (nSPS) is 18.4. The molecule has 214 valence electrons. The predicted molar refractivity (Wildman–Crippen MR) is 129 cm³/mol. The maximum absolute atomic E-state index is 14.6. The van der Waals surface area contributed by atoms with E-state index in [9.17, 15) is 40.7 Å². The zero-order valence-electron chi connectivity index (χ0n) is 20.2. The van der Waals surface area contributed by atoms with Crippen molar-refractivity contribution in [1.82, 2.24) is 14.3 Å². The fraction of sp³-hybridized carbons (Fsp3) is 0.375. The Kier molecular flexibility index (Phi) is 6.86. The molecule has 2 aromatic heterocycles. The summed E-state index contributed by atoms with van der Waals surface area (Å²) in [5, 5.41) is 0.255. The first kappa shape index (κ1) is 28.3. The smallest absolute Gasteiger partial charge is 0.337 e. The summed E-state index contributed by atoms with van der Waals surface area (Å²) in [5.41, 5.74) is 0.464. The molecule has 5 rings (SSSR count). The highest BCUT2D eigenvalue weighted by molar-refractivity contribution is 6.42. The van der Waals surface area contributed by atoms with Crippen LogP contribution in [0.5, 0.6) is 0 Å². The van der Waals surface area contributed by atoms with E-state index in [2.05, 4.69) is 9.82 Å². The van der Waals surface area contributed by atoms with Crippen LogP contribution in [-0.2, 0) is 16.1 Å². The zero-order valence-corrected chi connectivity index (χ0v) is 21.7. The van der Waals surface area contributed by atoms with Gasteiger partial charge in [0.1, 0.15) is 23.0 Å². The number of likely N-dealkylation sites (tertiary alicyclic amines) is 2. The van der Waals surface area contributed by atoms with Crippen LogP contribution in [0.1, 0.15) is 21.6 Å². The molecule has 0 radical (unpaired) electrons. The first-order valence-corrected chi connectivity index (χ1v) is 12.5. The number of fused-ring (bicyclic) bond motifs is 1. The van der Waals surface area contributed by atoms with Gasteiger partial charge in [-0.05, 0) is 23.8 Å². The first-order chi connectivity index (χ1) is 18.6. The maximum Gasteiger partial charge on any atom is 0.497 e. The van der Waals surface area contributed by atoms with Crippen LogP contribution in [-0.4, -0.2) is 75.6 Å². The number of amides is 1. The third-order valence-corrected chi connectivity index (χ3v) is 7.57. The number of H-pyrrole nitrogens is 1. The van der Waals surface area contributed by atoms with Crippen molar-refractivity contribution in [2.45, 2.75) is 18.5 Å². The van der Waals surface area contributed by atoms with Crippen molar-refractivity contribution in [3.8, 4) is 0 Å². The molecule has 1 aromatic carbocycles. The number of benzene rings is 1. The van der Waals surface area contributed by atoms with E-state index in [-0.39, 0.29) is 47.3 Å². The second kappa shape index (κ2) is 9.70. The minimum atomic E-state index is -5.35. The SMILES string of the molecule is O=C(c1cc(Cc2c[nH]c(=O)c3cc(Cl)c(Cl)n23)ccc1F)N1CC(C[N+]2(OC(=O)C(F)(F)F)CC(F)(F)C2)C1. The van der Waals surface area contributed by atoms with Gasteiger partial charge in [0.25, 0.3) is 11.5 Å². The van der Waals surface area contributed by atoms with Crippen molar-refractivity contribution in [1.29, 1.82) is 0 Å². The molecule has 0 atom stereocenters. The van der Waals surface area contributed by atoms with Crippen molar-refractivity contribution >= 4 is 40.6 Å². The van der Waals surface area contributed by atoms with Crippen molar-refractivity contribution in [3.05, 3.63) is 73.6 Å². The van der Waals surface area contributed by atoms with E-state index in [1.165, 1.54) is 33.7 Å². The lowest BCUT2D eigenvalue weighted by atomic mass is 9.95. The standard InChI is InChI=1S/C24H18Cl2F6N4O4/c25-16-5-18-20(37)33-6-14(35(18)19(16)26)3-12-1-2-17(27)15(4-12)21(38)34-7-13(8-34)9-36(10-23(28,29)11-36)40-22(39)24(30,31)32/h1-2,4-6,13H,3,7-11H2/p+1. The lowest BCUT2D eigenvalue weighted by molar-refractivity contribution is -1.13. The number of halogens is 8. The highest BCUT2D eigenvalue weighted by Gasteiger charge is 2.65. The van der Waals surface area contributed by atoms with Crippen LogP contribution < -0.4 is 5.56 Å². The number of hydrogen-bond acceptors (Lipinski definition) is 4. The summed E-state index contributed by atoms with van der Waals surface area (Å²) < 4.78 is 79.9. The second-order valence-corrected chi connectivity index (χ2v) is 10.7. The molecular formula is C24H19Cl2F6N4O4+. The summed E-state index contributed by atoms with van der Waals surface area (Å²) in [7, 11) is 0. The van der Waals surface area contributed by atoms with Gasteiger partial charge in [-0.3, -0.25) is 18.8 Å². The van der Waals surface area contributed by atoms with Gasteiger partial charge in [0.15, 0.2) is 13.1 Å². The number of quaternary nitrogens is 1. The number of rotatable bonds is 6. The number of aromatic nitrogens is 2. The maximum atomic E-state index is 14.6. The van der Waals surface area contributed by atoms with Gasteiger partial charge < -0.3 is 9.88 Å². The summed E-state index contributed by atoms with van der Waals surface area (Å²) in [6.07, 6.45) is -3.81. The fourth-order valence-corrected chi connectivity index (χ4v) is 5.57. The zero-order chi connectivity index (χ0) is 29.2. The summed E-state index contributed by atoms with van der Waals surface area (Å²) >= 11 is 12.3. The molecule has 8 nitrogen and oxygen atoms in total. The van der Waals surface area contributed by atoms with Crippen LogP contribution in [0.2, 0.25) is 10.2 Å². The Balaban J connectivity index is 1.28. The molecule has 1 amide bonds. The average Bonchev–Trinajstić information content (AvgIpc) is 3.12. The van der Waals surface area contributed by atoms with E-state index < -0.39 is 59.0 Å². The number of nitrogens with one attached hydrogen (secondary N) is 1. The molecular weight excluding hydrogens is 593 g/mol. The van der Waals surface area contributed by atoms with Crippen LogP contribution >= 0.6 is 23.2 Å². The van der Waals surface area contributed by atoms with Gasteiger partial charge in [0, 0.05) is 37.3 Å². The van der Waals surface area contributed by atoms with Gasteiger partial charge in [-0.2, -0.15) is 22.0 Å². The molecule has 2 aliphatic heterocycles. The van der Waals surface area contributed by atoms with Crippen molar-refractivity contribution in [2.75, 3.05) is 32.7 Å². The number of carbonyl (C=O) groups excluding carboxylic acids is 2. The topological polar surface area (TPSA) is 83.9 Å². The predicted octanol–water partition coefficient (Wildman–Crippen LogP) is 4.22. The molecule has 1 N–H and O–H groups in total. The summed E-state index contributed by atoms with van der Waals surface area (Å²) in [6.45, 7) is -2.69. The number of hydrogen-bond donors (Lipinski definition) is 1. The second-order valence-electron chi connectivity index (χ2n) is 9.97. The monoisotopic (exact) mass is 611 g/mol. The van der Waals surface area contributed by atoms with Gasteiger partial charge in [-0.1, -0.05) is 29.3 Å². The van der Waals surface area contributed by atoms with Gasteiger partial charge >= 0.3 is 18.1 Å². The molecule has 40 heavy (non-hydrogen) atoms. The van der Waals surface area contributed by atoms with Gasteiger partial charge in [-0.15, -0.1) is 4.65 Å². The average molecular weight is 612 g/mol. The van der Waals surface area contributed by atoms with Crippen LogP contribution in [0, 0.1) is 11.7 Å². The van der Waals surface area contributed by atoms with E-state index in [0.29, 0.717) is 11.3 Å². The number of carbonyl (C=O) groups is 2. The van der Waals surface area contributed by atoms with Gasteiger partial charge in [0.05, 0.1) is 10.6 Å². The third kappa shape index (κ3) is 5.27. The Morgan fingerprint density at radius 2 is 1.82 bits per heavy atom. The molecule has 3 aromatic rings. The fourth-order valence-electron chi connectivity index (χ4n) is 5.12. The highest BCUT2D eigenvalue weighted by Crippen LogP contribution is 2.39. The lowest BCUT2D eigenvalue weighted by Crippen LogP contribution is -2.73. The molecule has 0 spiro atoms. The molecule has 4 heterocycles. The molecule has 2 fully saturated rings. The quantitative estimate of drug-likeness (QED) is 0.334. The van der Waals surface area contributed by atoms with Crippen LogP contribution in [0.15, 0.2) is 35.3 Å². The van der Waals surface area contributed by atoms with E-state index >= 15 is 0 Å². The molecule has 0 aliphatic carbocycles. The van der Waals surface area contributed by atoms with Crippen molar-refractivity contribution < 1.29 is 45.4 Å². The summed E-state index contributed by atoms with van der Waals surface area (Å²) in [5.74, 6) is -7.95. The van der Waals surface area contributed by atoms with E-state index in [1.807, 2.05) is 0 Å². The molecule has 0 saturated carbocycles. The Morgan fingerprint density at radius 3 is 2.45 bits per heavy atom. The summed E-state index contributed by atoms with van der Waals surface area (Å²) in [6, 6.07) is 5.24. The summed E-state index contributed by atoms with van der Waals surface area (Å²) in [4.78, 5) is 44.6. The van der Waals surface area contributed by atoms with E-state index in [4.69, 9.17) is 23.2 Å². The van der Waals surface area contributed by atoms with Crippen LogP contribution in [0.3, 0.4) is 0 Å². The number of hydroxylamine groups is 3. The molecule has 2 aliphatic rings. The first-order valence-electron chi connectivity index (χ1n) is 11.8. The molecule has 16 heteroatoms. The lowest BCUT2D eigenvalue weighted by Gasteiger charge is -2.49. The number of aromatic amines is 1.